The first-order chi connectivity index (χ1) is 7.45. The molecular formula is C11H22N2O3. The van der Waals surface area contributed by atoms with Crippen LogP contribution in [-0.2, 0) is 9.59 Å². The summed E-state index contributed by atoms with van der Waals surface area (Å²) in [5, 5.41) is 11.5. The lowest BCUT2D eigenvalue weighted by Crippen LogP contribution is -2.36. The van der Waals surface area contributed by atoms with Gasteiger partial charge in [0.05, 0.1) is 6.54 Å². The van der Waals surface area contributed by atoms with Gasteiger partial charge < -0.3 is 10.4 Å². The monoisotopic (exact) mass is 230 g/mol. The molecule has 1 amide bonds. The fourth-order valence-corrected chi connectivity index (χ4v) is 1.43. The number of carbonyl (C=O) groups is 2. The Morgan fingerprint density at radius 2 is 1.94 bits per heavy atom. The third kappa shape index (κ3) is 8.23. The summed E-state index contributed by atoms with van der Waals surface area (Å²) in [6, 6.07) is 0.131. The van der Waals surface area contributed by atoms with Gasteiger partial charge in [-0.3, -0.25) is 14.5 Å². The average molecular weight is 230 g/mol. The molecule has 0 aromatic heterocycles. The first-order valence-corrected chi connectivity index (χ1v) is 5.69. The van der Waals surface area contributed by atoms with Crippen LogP contribution in [0, 0.1) is 0 Å². The first-order valence-electron chi connectivity index (χ1n) is 5.69. The van der Waals surface area contributed by atoms with E-state index in [4.69, 9.17) is 5.11 Å². The van der Waals surface area contributed by atoms with Crippen LogP contribution in [0.5, 0.6) is 0 Å². The molecule has 0 fully saturated rings. The molecule has 0 heterocycles. The highest BCUT2D eigenvalue weighted by molar-refractivity contribution is 5.76. The summed E-state index contributed by atoms with van der Waals surface area (Å²) in [6.07, 6.45) is 1.24. The van der Waals surface area contributed by atoms with E-state index in [9.17, 15) is 9.59 Å². The molecule has 5 nitrogen and oxygen atoms in total. The van der Waals surface area contributed by atoms with Crippen LogP contribution < -0.4 is 5.32 Å². The van der Waals surface area contributed by atoms with Gasteiger partial charge in [0.15, 0.2) is 0 Å². The van der Waals surface area contributed by atoms with E-state index < -0.39 is 5.97 Å². The summed E-state index contributed by atoms with van der Waals surface area (Å²) in [5.74, 6) is -0.876. The fraction of sp³-hybridized carbons (Fsp3) is 0.818. The minimum Gasteiger partial charge on any atom is -0.480 e. The van der Waals surface area contributed by atoms with E-state index in [2.05, 4.69) is 5.32 Å². The van der Waals surface area contributed by atoms with Gasteiger partial charge in [0.25, 0.3) is 0 Å². The smallest absolute Gasteiger partial charge is 0.317 e. The third-order valence-electron chi connectivity index (χ3n) is 2.00. The summed E-state index contributed by atoms with van der Waals surface area (Å²) >= 11 is 0. The van der Waals surface area contributed by atoms with E-state index in [1.165, 1.54) is 0 Å². The normalized spacial score (nSPS) is 10.8. The second kappa shape index (κ2) is 8.10. The highest BCUT2D eigenvalue weighted by Gasteiger charge is 2.11. The van der Waals surface area contributed by atoms with Gasteiger partial charge in [0.1, 0.15) is 0 Å². The lowest BCUT2D eigenvalue weighted by atomic mass is 10.3. The van der Waals surface area contributed by atoms with Crippen LogP contribution in [0.3, 0.4) is 0 Å². The molecule has 0 aliphatic heterocycles. The fourth-order valence-electron chi connectivity index (χ4n) is 1.43. The molecule has 0 saturated heterocycles. The van der Waals surface area contributed by atoms with Crippen molar-refractivity contribution in [3.05, 3.63) is 0 Å². The minimum absolute atomic E-state index is 0.00278. The molecule has 0 aliphatic carbocycles. The molecule has 16 heavy (non-hydrogen) atoms. The molecule has 0 radical (unpaired) electrons. The van der Waals surface area contributed by atoms with Crippen molar-refractivity contribution in [2.24, 2.45) is 0 Å². The van der Waals surface area contributed by atoms with E-state index in [0.717, 1.165) is 6.42 Å². The average Bonchev–Trinajstić information content (AvgIpc) is 2.12. The van der Waals surface area contributed by atoms with Gasteiger partial charge in [0, 0.05) is 19.0 Å². The number of amides is 1. The van der Waals surface area contributed by atoms with Crippen molar-refractivity contribution in [3.8, 4) is 0 Å². The van der Waals surface area contributed by atoms with Gasteiger partial charge in [-0.2, -0.15) is 0 Å². The Bertz CT molecular complexity index is 229. The van der Waals surface area contributed by atoms with Crippen molar-refractivity contribution < 1.29 is 14.7 Å². The van der Waals surface area contributed by atoms with Crippen LogP contribution in [0.1, 0.15) is 33.6 Å². The molecule has 0 unspecified atom stereocenters. The molecule has 0 saturated carbocycles. The van der Waals surface area contributed by atoms with Gasteiger partial charge in [-0.15, -0.1) is 0 Å². The Morgan fingerprint density at radius 3 is 2.38 bits per heavy atom. The topological polar surface area (TPSA) is 69.6 Å². The van der Waals surface area contributed by atoms with Crippen LogP contribution >= 0.6 is 0 Å². The second-order valence-corrected chi connectivity index (χ2v) is 4.14. The van der Waals surface area contributed by atoms with Crippen molar-refractivity contribution >= 4 is 11.9 Å². The summed E-state index contributed by atoms with van der Waals surface area (Å²) in [7, 11) is 0. The number of nitrogens with zero attached hydrogens (tertiary/aromatic N) is 1. The number of carboxylic acid groups (broad SMARTS) is 1. The molecule has 94 valence electrons. The molecule has 0 aliphatic rings. The quantitative estimate of drug-likeness (QED) is 0.644. The van der Waals surface area contributed by atoms with E-state index >= 15 is 0 Å². The van der Waals surface area contributed by atoms with Gasteiger partial charge in [-0.25, -0.2) is 0 Å². The molecule has 0 spiro atoms. The number of nitrogens with one attached hydrogen (secondary N) is 1. The second-order valence-electron chi connectivity index (χ2n) is 4.14. The first kappa shape index (κ1) is 14.9. The summed E-state index contributed by atoms with van der Waals surface area (Å²) in [6.45, 7) is 7.00. The SMILES string of the molecule is CCCN(CCC(=O)NC(C)C)CC(=O)O. The van der Waals surface area contributed by atoms with Gasteiger partial charge in [-0.1, -0.05) is 6.92 Å². The van der Waals surface area contributed by atoms with E-state index in [1.54, 1.807) is 4.90 Å². The lowest BCUT2D eigenvalue weighted by molar-refractivity contribution is -0.138. The zero-order valence-corrected chi connectivity index (χ0v) is 10.3. The third-order valence-corrected chi connectivity index (χ3v) is 2.00. The van der Waals surface area contributed by atoms with E-state index in [-0.39, 0.29) is 18.5 Å². The van der Waals surface area contributed by atoms with Crippen LogP contribution in [0.4, 0.5) is 0 Å². The Kier molecular flexibility index (Phi) is 7.54. The van der Waals surface area contributed by atoms with Gasteiger partial charge in [0.2, 0.25) is 5.91 Å². The Morgan fingerprint density at radius 1 is 1.31 bits per heavy atom. The Labute approximate surface area is 96.8 Å². The van der Waals surface area contributed by atoms with Crippen molar-refractivity contribution in [2.75, 3.05) is 19.6 Å². The predicted octanol–water partition coefficient (Wildman–Crippen LogP) is 0.698. The predicted molar refractivity (Wildman–Crippen MR) is 62.3 cm³/mol. The summed E-state index contributed by atoms with van der Waals surface area (Å²) < 4.78 is 0. The Hall–Kier alpha value is -1.10. The van der Waals surface area contributed by atoms with Gasteiger partial charge in [-0.05, 0) is 26.8 Å². The van der Waals surface area contributed by atoms with Gasteiger partial charge >= 0.3 is 5.97 Å². The number of carbonyl (C=O) groups excluding carboxylic acids is 1. The maximum Gasteiger partial charge on any atom is 0.317 e. The molecule has 0 aromatic rings. The van der Waals surface area contributed by atoms with Crippen LogP contribution in [-0.4, -0.2) is 47.6 Å². The Balaban J connectivity index is 3.91. The maximum absolute atomic E-state index is 11.4. The number of carboxylic acids is 1. The van der Waals surface area contributed by atoms with Crippen molar-refractivity contribution in [1.82, 2.24) is 10.2 Å². The molecule has 0 rings (SSSR count). The van der Waals surface area contributed by atoms with E-state index in [0.29, 0.717) is 19.5 Å². The van der Waals surface area contributed by atoms with Crippen molar-refractivity contribution in [1.29, 1.82) is 0 Å². The number of rotatable bonds is 8. The number of hydrogen-bond donors (Lipinski definition) is 2. The standard InChI is InChI=1S/C11H22N2O3/c1-4-6-13(8-11(15)16)7-5-10(14)12-9(2)3/h9H,4-8H2,1-3H3,(H,12,14)(H,15,16). The zero-order chi connectivity index (χ0) is 12.6. The summed E-state index contributed by atoms with van der Waals surface area (Å²) in [4.78, 5) is 23.7. The van der Waals surface area contributed by atoms with E-state index in [1.807, 2.05) is 20.8 Å². The van der Waals surface area contributed by atoms with Crippen molar-refractivity contribution in [2.45, 2.75) is 39.7 Å². The highest BCUT2D eigenvalue weighted by atomic mass is 16.4. The molecule has 0 atom stereocenters. The number of aliphatic carboxylic acids is 1. The largest absolute Gasteiger partial charge is 0.480 e. The minimum atomic E-state index is -0.849. The van der Waals surface area contributed by atoms with Crippen molar-refractivity contribution in [3.63, 3.8) is 0 Å². The molecule has 2 N–H and O–H groups in total. The lowest BCUT2D eigenvalue weighted by Gasteiger charge is -2.19. The molecule has 5 heteroatoms. The zero-order valence-electron chi connectivity index (χ0n) is 10.3. The molecule has 0 bridgehead atoms. The van der Waals surface area contributed by atoms with Crippen LogP contribution in [0.15, 0.2) is 0 Å². The van der Waals surface area contributed by atoms with Crippen LogP contribution in [0.25, 0.3) is 0 Å². The molecular weight excluding hydrogens is 208 g/mol. The number of hydrogen-bond acceptors (Lipinski definition) is 3. The molecule has 0 aromatic carbocycles. The highest BCUT2D eigenvalue weighted by Crippen LogP contribution is 1.95. The van der Waals surface area contributed by atoms with Crippen LogP contribution in [0.2, 0.25) is 0 Å². The summed E-state index contributed by atoms with van der Waals surface area (Å²) in [5.41, 5.74) is 0. The maximum atomic E-state index is 11.4.